The molecular formula is C2H3Cl3NO. The van der Waals surface area contributed by atoms with Crippen LogP contribution < -0.4 is 5.73 Å². The van der Waals surface area contributed by atoms with E-state index in [1.165, 1.54) is 0 Å². The van der Waals surface area contributed by atoms with E-state index in [1.54, 1.807) is 0 Å². The van der Waals surface area contributed by atoms with Gasteiger partial charge in [0.25, 0.3) is 0 Å². The van der Waals surface area contributed by atoms with Gasteiger partial charge in [-0.15, -0.1) is 0 Å². The van der Waals surface area contributed by atoms with Crippen LogP contribution in [-0.4, -0.2) is 15.1 Å². The molecule has 0 rings (SSSR count). The third-order valence-electron chi connectivity index (χ3n) is 0.310. The molecule has 2 nitrogen and oxygen atoms in total. The minimum atomic E-state index is -1.86. The van der Waals surface area contributed by atoms with E-state index in [0.717, 1.165) is 0 Å². The molecule has 0 heterocycles. The van der Waals surface area contributed by atoms with Gasteiger partial charge in [-0.05, 0) is 0 Å². The highest BCUT2D eigenvalue weighted by Gasteiger charge is 2.27. The predicted molar refractivity (Wildman–Crippen MR) is 29.4 cm³/mol. The molecular weight excluding hydrogens is 160 g/mol. The van der Waals surface area contributed by atoms with Gasteiger partial charge in [0.05, 0.1) is 0 Å². The summed E-state index contributed by atoms with van der Waals surface area (Å²) in [5.74, 6) is 0. The minimum Gasteiger partial charge on any atom is -0.373 e. The van der Waals surface area contributed by atoms with Gasteiger partial charge in [-0.25, -0.2) is 5.73 Å². The quantitative estimate of drug-likeness (QED) is 0.531. The molecule has 43 valence electrons. The van der Waals surface area contributed by atoms with E-state index in [9.17, 15) is 0 Å². The van der Waals surface area contributed by atoms with Gasteiger partial charge in [0.15, 0.2) is 6.23 Å². The average Bonchev–Trinajstić information content (AvgIpc) is 1.31. The van der Waals surface area contributed by atoms with E-state index in [2.05, 4.69) is 0 Å². The maximum atomic E-state index is 8.16. The summed E-state index contributed by atoms with van der Waals surface area (Å²) in [5.41, 5.74) is 6.39. The van der Waals surface area contributed by atoms with Crippen molar-refractivity contribution in [3.63, 3.8) is 0 Å². The third kappa shape index (κ3) is 3.38. The minimum absolute atomic E-state index is 1.66. The van der Waals surface area contributed by atoms with E-state index < -0.39 is 10.0 Å². The predicted octanol–water partition coefficient (Wildman–Crippen LogP) is 0.958. The summed E-state index contributed by atoms with van der Waals surface area (Å²) >= 11 is 14.9. The summed E-state index contributed by atoms with van der Waals surface area (Å²) in [7, 11) is 0. The Balaban J connectivity index is 3.54. The Bertz CT molecular complexity index is 58.4. The van der Waals surface area contributed by atoms with E-state index in [0.29, 0.717) is 0 Å². The van der Waals surface area contributed by atoms with Gasteiger partial charge in [-0.3, -0.25) is 0 Å². The Kier molecular flexibility index (Phi) is 2.64. The number of aliphatic hydroxyl groups is 1. The number of hydrogen-bond acceptors (Lipinski definition) is 1. The topological polar surface area (TPSA) is 44.0 Å². The van der Waals surface area contributed by atoms with Crippen molar-refractivity contribution in [2.75, 3.05) is 0 Å². The fourth-order valence-electron chi connectivity index (χ4n) is 0. The summed E-state index contributed by atoms with van der Waals surface area (Å²) in [4.78, 5) is 0. The van der Waals surface area contributed by atoms with Gasteiger partial charge in [0.2, 0.25) is 3.79 Å². The van der Waals surface area contributed by atoms with Crippen molar-refractivity contribution in [3.05, 3.63) is 0 Å². The van der Waals surface area contributed by atoms with Gasteiger partial charge >= 0.3 is 0 Å². The van der Waals surface area contributed by atoms with Gasteiger partial charge in [-0.2, -0.15) is 0 Å². The Hall–Kier alpha value is 0.790. The molecule has 1 unspecified atom stereocenters. The first kappa shape index (κ1) is 7.79. The van der Waals surface area contributed by atoms with Crippen LogP contribution in [0.4, 0.5) is 0 Å². The summed E-state index contributed by atoms with van der Waals surface area (Å²) in [5, 5.41) is 8.16. The van der Waals surface area contributed by atoms with Crippen molar-refractivity contribution in [2.24, 2.45) is 0 Å². The molecule has 0 aliphatic heterocycles. The lowest BCUT2D eigenvalue weighted by Crippen LogP contribution is -2.25. The second kappa shape index (κ2) is 2.37. The molecule has 1 atom stereocenters. The molecule has 0 saturated heterocycles. The van der Waals surface area contributed by atoms with Crippen LogP contribution in [0.1, 0.15) is 0 Å². The monoisotopic (exact) mass is 162 g/mol. The summed E-state index contributed by atoms with van der Waals surface area (Å²) in [6.07, 6.45) is -1.66. The number of nitrogens with one attached hydrogen (secondary N) is 1. The highest BCUT2D eigenvalue weighted by Crippen LogP contribution is 2.27. The number of hydrogen-bond donors (Lipinski definition) is 1. The van der Waals surface area contributed by atoms with E-state index in [4.69, 9.17) is 45.6 Å². The average molecular weight is 163 g/mol. The molecule has 2 N–H and O–H groups in total. The largest absolute Gasteiger partial charge is 0.373 e. The second-order valence-corrected chi connectivity index (χ2v) is 3.31. The molecule has 0 aromatic carbocycles. The highest BCUT2D eigenvalue weighted by molar-refractivity contribution is 6.67. The van der Waals surface area contributed by atoms with Crippen LogP contribution in [0.2, 0.25) is 0 Å². The lowest BCUT2D eigenvalue weighted by molar-refractivity contribution is 0.179. The van der Waals surface area contributed by atoms with Crippen molar-refractivity contribution < 1.29 is 5.11 Å². The summed E-state index contributed by atoms with van der Waals surface area (Å²) < 4.78 is -1.86. The zero-order valence-corrected chi connectivity index (χ0v) is 5.43. The SMILES string of the molecule is [NH]C(O)C(Cl)(Cl)Cl. The fraction of sp³-hybridized carbons (Fsp3) is 1.00. The first-order chi connectivity index (χ1) is 2.94. The van der Waals surface area contributed by atoms with Crippen molar-refractivity contribution in [2.45, 2.75) is 10.0 Å². The van der Waals surface area contributed by atoms with E-state index >= 15 is 0 Å². The number of rotatable bonds is 0. The second-order valence-electron chi connectivity index (χ2n) is 0.944. The summed E-state index contributed by atoms with van der Waals surface area (Å²) in [6, 6.07) is 0. The molecule has 0 aliphatic carbocycles. The Morgan fingerprint density at radius 2 is 1.57 bits per heavy atom. The molecule has 0 saturated carbocycles. The molecule has 0 aromatic rings. The van der Waals surface area contributed by atoms with E-state index in [-0.39, 0.29) is 0 Å². The molecule has 1 radical (unpaired) electrons. The Morgan fingerprint density at radius 3 is 1.57 bits per heavy atom. The van der Waals surface area contributed by atoms with Crippen LogP contribution >= 0.6 is 34.8 Å². The first-order valence-corrected chi connectivity index (χ1v) is 2.54. The van der Waals surface area contributed by atoms with Crippen LogP contribution in [0.15, 0.2) is 0 Å². The maximum absolute atomic E-state index is 8.16. The van der Waals surface area contributed by atoms with Crippen LogP contribution in [0, 0.1) is 0 Å². The molecule has 0 amide bonds. The third-order valence-corrected chi connectivity index (χ3v) is 0.930. The number of halogens is 3. The van der Waals surface area contributed by atoms with Gasteiger partial charge in [-0.1, -0.05) is 34.8 Å². The van der Waals surface area contributed by atoms with Gasteiger partial charge < -0.3 is 5.11 Å². The Labute approximate surface area is 56.1 Å². The summed E-state index contributed by atoms with van der Waals surface area (Å²) in [6.45, 7) is 0. The van der Waals surface area contributed by atoms with Gasteiger partial charge in [0, 0.05) is 0 Å². The van der Waals surface area contributed by atoms with E-state index in [1.807, 2.05) is 0 Å². The number of alkyl halides is 3. The molecule has 0 aromatic heterocycles. The highest BCUT2D eigenvalue weighted by atomic mass is 35.6. The standard InChI is InChI=1S/C2H3Cl3NO/c3-2(4,5)1(6)7/h1,6-7H. The molecule has 0 spiro atoms. The zero-order chi connectivity index (χ0) is 6.08. The molecule has 0 fully saturated rings. The zero-order valence-electron chi connectivity index (χ0n) is 3.16. The molecule has 7 heavy (non-hydrogen) atoms. The van der Waals surface area contributed by atoms with Crippen molar-refractivity contribution in [1.82, 2.24) is 5.73 Å². The lowest BCUT2D eigenvalue weighted by atomic mass is 10.7. The van der Waals surface area contributed by atoms with Crippen LogP contribution in [-0.2, 0) is 0 Å². The number of aliphatic hydroxyl groups excluding tert-OH is 1. The van der Waals surface area contributed by atoms with Crippen LogP contribution in [0.25, 0.3) is 0 Å². The first-order valence-electron chi connectivity index (χ1n) is 1.40. The van der Waals surface area contributed by atoms with Crippen LogP contribution in [0.3, 0.4) is 0 Å². The lowest BCUT2D eigenvalue weighted by Gasteiger charge is -2.11. The van der Waals surface area contributed by atoms with Crippen molar-refractivity contribution >= 4 is 34.8 Å². The van der Waals surface area contributed by atoms with Crippen molar-refractivity contribution in [1.29, 1.82) is 0 Å². The van der Waals surface area contributed by atoms with Gasteiger partial charge in [0.1, 0.15) is 0 Å². The maximum Gasteiger partial charge on any atom is 0.230 e. The molecule has 0 bridgehead atoms. The fourth-order valence-corrected chi connectivity index (χ4v) is 0. The normalized spacial score (nSPS) is 16.7. The molecule has 5 heteroatoms. The Morgan fingerprint density at radius 1 is 1.43 bits per heavy atom. The molecule has 0 aliphatic rings. The van der Waals surface area contributed by atoms with Crippen LogP contribution in [0.5, 0.6) is 0 Å². The smallest absolute Gasteiger partial charge is 0.230 e. The van der Waals surface area contributed by atoms with Crippen molar-refractivity contribution in [3.8, 4) is 0 Å².